The minimum absolute atomic E-state index is 0.589. The van der Waals surface area contributed by atoms with E-state index in [-0.39, 0.29) is 0 Å². The number of aliphatic imine (C=N–C) groups is 2. The van der Waals surface area contributed by atoms with Gasteiger partial charge in [-0.3, -0.25) is 9.80 Å². The molecule has 6 nitrogen and oxygen atoms in total. The fourth-order valence-corrected chi connectivity index (χ4v) is 6.91. The predicted molar refractivity (Wildman–Crippen MR) is 183 cm³/mol. The highest BCUT2D eigenvalue weighted by Gasteiger charge is 2.16. The summed E-state index contributed by atoms with van der Waals surface area (Å²) in [6, 6.07) is 20.3. The van der Waals surface area contributed by atoms with Crippen molar-refractivity contribution in [1.82, 2.24) is 20.4 Å². The molecule has 0 saturated carbocycles. The van der Waals surface area contributed by atoms with Crippen molar-refractivity contribution in [2.75, 3.05) is 39.8 Å². The van der Waals surface area contributed by atoms with Gasteiger partial charge in [-0.15, -0.1) is 0 Å². The molecule has 222 valence electrons. The maximum absolute atomic E-state index is 6.15. The monoisotopic (exact) mass is 680 g/mol. The summed E-state index contributed by atoms with van der Waals surface area (Å²) in [5, 5.41) is 11.3. The Balaban J connectivity index is 1.04. The summed E-state index contributed by atoms with van der Waals surface area (Å²) in [6.45, 7) is 4.73. The lowest BCUT2D eigenvalue weighted by atomic mass is 10.1. The first-order valence-corrected chi connectivity index (χ1v) is 17.1. The molecule has 0 aliphatic carbocycles. The van der Waals surface area contributed by atoms with Gasteiger partial charge in [-0.1, -0.05) is 106 Å². The first-order valence-electron chi connectivity index (χ1n) is 13.6. The second-order valence-electron chi connectivity index (χ2n) is 10.0. The fraction of sp³-hybridized carbons (Fsp3) is 0.333. The third kappa shape index (κ3) is 9.44. The molecule has 2 N–H and O–H groups in total. The van der Waals surface area contributed by atoms with E-state index in [4.69, 9.17) is 56.4 Å². The molecule has 0 saturated heterocycles. The van der Waals surface area contributed by atoms with Crippen LogP contribution in [0.3, 0.4) is 0 Å². The van der Waals surface area contributed by atoms with Crippen molar-refractivity contribution in [1.29, 1.82) is 0 Å². The van der Waals surface area contributed by atoms with E-state index in [0.717, 1.165) is 61.1 Å². The summed E-state index contributed by atoms with van der Waals surface area (Å²) in [5.41, 5.74) is 4.99. The molecule has 5 rings (SSSR count). The zero-order valence-electron chi connectivity index (χ0n) is 23.0. The summed E-state index contributed by atoms with van der Waals surface area (Å²) in [6.07, 6.45) is 1.80. The normalized spacial score (nSPS) is 16.0. The molecule has 3 aromatic carbocycles. The molecule has 2 aliphatic rings. The number of hydrogen-bond acceptors (Lipinski definition) is 8. The van der Waals surface area contributed by atoms with E-state index in [1.54, 1.807) is 23.5 Å². The average Bonchev–Trinajstić information content (AvgIpc) is 3.01. The predicted octanol–water partition coefficient (Wildman–Crippen LogP) is 7.60. The van der Waals surface area contributed by atoms with Gasteiger partial charge in [-0.2, -0.15) is 0 Å². The second-order valence-corrected chi connectivity index (χ2v) is 13.6. The van der Waals surface area contributed by atoms with Crippen LogP contribution in [0.2, 0.25) is 20.1 Å². The summed E-state index contributed by atoms with van der Waals surface area (Å²) in [4.78, 5) is 14.1. The molecular weight excluding hydrogens is 650 g/mol. The van der Waals surface area contributed by atoms with Gasteiger partial charge < -0.3 is 10.6 Å². The van der Waals surface area contributed by atoms with Crippen molar-refractivity contribution in [2.45, 2.75) is 24.3 Å². The molecule has 3 aromatic rings. The largest absolute Gasteiger partial charge is 0.352 e. The number of amidine groups is 2. The highest BCUT2D eigenvalue weighted by atomic mass is 35.5. The molecule has 0 amide bonds. The lowest BCUT2D eigenvalue weighted by Gasteiger charge is -2.27. The van der Waals surface area contributed by atoms with Gasteiger partial charge in [0.15, 0.2) is 10.3 Å². The maximum Gasteiger partial charge on any atom is 0.159 e. The standard InChI is InChI=1S/C30H32Cl4N6S2/c31-25-7-5-21(13-27(25)33)9-11-39-17-35-29(36-18-39)41-15-23-3-1-2-4-24(23)16-42-30-37-19-40(20-38-30)12-10-22-6-8-26(32)28(34)14-22/h1-8,13-14H,9-12,15-20H2,(H,35,36)(H,37,38). The first-order chi connectivity index (χ1) is 20.4. The molecule has 2 heterocycles. The van der Waals surface area contributed by atoms with Crippen molar-refractivity contribution in [2.24, 2.45) is 9.98 Å². The number of thioether (sulfide) groups is 2. The molecule has 2 aliphatic heterocycles. The number of nitrogens with zero attached hydrogens (tertiary/aromatic N) is 4. The van der Waals surface area contributed by atoms with Crippen molar-refractivity contribution >= 4 is 80.3 Å². The molecule has 0 bridgehead atoms. The smallest absolute Gasteiger partial charge is 0.159 e. The number of halogens is 4. The van der Waals surface area contributed by atoms with Crippen LogP contribution < -0.4 is 10.6 Å². The molecule has 0 aromatic heterocycles. The van der Waals surface area contributed by atoms with Crippen LogP contribution in [0.5, 0.6) is 0 Å². The molecule has 0 radical (unpaired) electrons. The van der Waals surface area contributed by atoms with E-state index in [9.17, 15) is 0 Å². The van der Waals surface area contributed by atoms with Gasteiger partial charge in [-0.25, -0.2) is 9.98 Å². The minimum atomic E-state index is 0.589. The van der Waals surface area contributed by atoms with Gasteiger partial charge in [0.2, 0.25) is 0 Å². The van der Waals surface area contributed by atoms with Gasteiger partial charge in [0.25, 0.3) is 0 Å². The Labute approximate surface area is 276 Å². The van der Waals surface area contributed by atoms with Gasteiger partial charge in [0.1, 0.15) is 0 Å². The van der Waals surface area contributed by atoms with E-state index in [2.05, 4.69) is 44.7 Å². The number of hydrogen-bond donors (Lipinski definition) is 2. The van der Waals surface area contributed by atoms with Crippen LogP contribution >= 0.6 is 69.9 Å². The Hall–Kier alpha value is -1.62. The second kappa shape index (κ2) is 15.9. The lowest BCUT2D eigenvalue weighted by molar-refractivity contribution is 0.270. The summed E-state index contributed by atoms with van der Waals surface area (Å²) in [5.74, 6) is 1.74. The van der Waals surface area contributed by atoms with Crippen LogP contribution in [0.4, 0.5) is 0 Å². The molecular formula is C30H32Cl4N6S2. The minimum Gasteiger partial charge on any atom is -0.352 e. The molecule has 42 heavy (non-hydrogen) atoms. The Kier molecular flexibility index (Phi) is 12.0. The van der Waals surface area contributed by atoms with Crippen molar-refractivity contribution in [3.05, 3.63) is 103 Å². The SMILES string of the molecule is Clc1ccc(CCN2CN=C(SCc3ccccc3CSC3=NCN(CCc4ccc(Cl)c(Cl)c4)CN3)NC2)cc1Cl. The highest BCUT2D eigenvalue weighted by Crippen LogP contribution is 2.25. The van der Waals surface area contributed by atoms with E-state index in [1.165, 1.54) is 22.3 Å². The third-order valence-electron chi connectivity index (χ3n) is 6.99. The number of rotatable bonds is 10. The van der Waals surface area contributed by atoms with Gasteiger partial charge in [-0.05, 0) is 59.4 Å². The van der Waals surface area contributed by atoms with E-state index >= 15 is 0 Å². The van der Waals surface area contributed by atoms with Crippen molar-refractivity contribution in [3.8, 4) is 0 Å². The zero-order valence-corrected chi connectivity index (χ0v) is 27.6. The topological polar surface area (TPSA) is 55.3 Å². The average molecular weight is 683 g/mol. The summed E-state index contributed by atoms with van der Waals surface area (Å²) >= 11 is 27.9. The Morgan fingerprint density at radius 1 is 0.619 bits per heavy atom. The highest BCUT2D eigenvalue weighted by molar-refractivity contribution is 8.13. The van der Waals surface area contributed by atoms with Crippen molar-refractivity contribution in [3.63, 3.8) is 0 Å². The van der Waals surface area contributed by atoms with Crippen molar-refractivity contribution < 1.29 is 0 Å². The molecule has 0 unspecified atom stereocenters. The van der Waals surface area contributed by atoms with E-state index < -0.39 is 0 Å². The molecule has 0 spiro atoms. The fourth-order valence-electron chi connectivity index (χ4n) is 4.49. The third-order valence-corrected chi connectivity index (χ3v) is 10.5. The van der Waals surface area contributed by atoms with Crippen LogP contribution in [0.1, 0.15) is 22.3 Å². The Morgan fingerprint density at radius 2 is 1.07 bits per heavy atom. The maximum atomic E-state index is 6.15. The number of benzene rings is 3. The van der Waals surface area contributed by atoms with Crippen LogP contribution in [-0.4, -0.2) is 59.9 Å². The summed E-state index contributed by atoms with van der Waals surface area (Å²) < 4.78 is 0. The van der Waals surface area contributed by atoms with Gasteiger partial charge in [0, 0.05) is 24.6 Å². The Morgan fingerprint density at radius 3 is 1.45 bits per heavy atom. The van der Waals surface area contributed by atoms with Gasteiger partial charge in [0.05, 0.1) is 46.8 Å². The number of nitrogens with one attached hydrogen (secondary N) is 2. The van der Waals surface area contributed by atoms with Crippen LogP contribution in [0.25, 0.3) is 0 Å². The lowest BCUT2D eigenvalue weighted by Crippen LogP contribution is -2.42. The first kappa shape index (κ1) is 31.8. The molecule has 0 atom stereocenters. The van der Waals surface area contributed by atoms with Crippen LogP contribution in [0.15, 0.2) is 70.6 Å². The quantitative estimate of drug-likeness (QED) is 0.230. The van der Waals surface area contributed by atoms with E-state index in [1.807, 2.05) is 36.4 Å². The molecule has 12 heteroatoms. The molecule has 0 fully saturated rings. The van der Waals surface area contributed by atoms with E-state index in [0.29, 0.717) is 33.4 Å². The van der Waals surface area contributed by atoms with Crippen LogP contribution in [0, 0.1) is 0 Å². The Bertz CT molecular complexity index is 1330. The van der Waals surface area contributed by atoms with Gasteiger partial charge >= 0.3 is 0 Å². The zero-order chi connectivity index (χ0) is 29.3. The summed E-state index contributed by atoms with van der Waals surface area (Å²) in [7, 11) is 0. The van der Waals surface area contributed by atoms with Crippen LogP contribution in [-0.2, 0) is 24.3 Å².